The van der Waals surface area contributed by atoms with E-state index in [4.69, 9.17) is 10.5 Å². The molecule has 0 aliphatic heterocycles. The van der Waals surface area contributed by atoms with E-state index in [0.717, 1.165) is 30.4 Å². The van der Waals surface area contributed by atoms with Crippen molar-refractivity contribution in [2.75, 3.05) is 24.7 Å². The van der Waals surface area contributed by atoms with Gasteiger partial charge in [-0.3, -0.25) is 0 Å². The van der Waals surface area contributed by atoms with E-state index in [-0.39, 0.29) is 0 Å². The van der Waals surface area contributed by atoms with Crippen LogP contribution in [-0.4, -0.2) is 24.7 Å². The summed E-state index contributed by atoms with van der Waals surface area (Å²) in [6, 6.07) is 8.16. The van der Waals surface area contributed by atoms with Crippen LogP contribution in [0.1, 0.15) is 12.5 Å². The third-order valence-corrected chi connectivity index (χ3v) is 3.55. The topological polar surface area (TPSA) is 35.2 Å². The first-order chi connectivity index (χ1) is 7.72. The van der Waals surface area contributed by atoms with Crippen molar-refractivity contribution in [3.63, 3.8) is 0 Å². The van der Waals surface area contributed by atoms with Gasteiger partial charge in [-0.1, -0.05) is 19.1 Å². The smallest absolute Gasteiger partial charge is 0.119 e. The van der Waals surface area contributed by atoms with Crippen molar-refractivity contribution in [2.24, 2.45) is 11.7 Å². The maximum atomic E-state index is 5.65. The predicted octanol–water partition coefficient (Wildman–Crippen LogP) is 2.70. The van der Waals surface area contributed by atoms with Crippen LogP contribution in [0, 0.1) is 12.8 Å². The zero-order chi connectivity index (χ0) is 11.8. The summed E-state index contributed by atoms with van der Waals surface area (Å²) in [5.41, 5.74) is 6.79. The fourth-order valence-corrected chi connectivity index (χ4v) is 2.18. The minimum absolute atomic E-state index is 0.601. The standard InChI is InChI=1S/C13H21NOS/c1-11-4-3-5-13(8-11)15-6-7-16-10-12(2)9-14/h3-5,8,12H,6-7,9-10,14H2,1-2H3. The molecule has 1 atom stereocenters. The monoisotopic (exact) mass is 239 g/mol. The molecule has 16 heavy (non-hydrogen) atoms. The van der Waals surface area contributed by atoms with Crippen LogP contribution in [0.5, 0.6) is 5.75 Å². The molecule has 0 bridgehead atoms. The Balaban J connectivity index is 2.12. The molecule has 0 saturated carbocycles. The van der Waals surface area contributed by atoms with Gasteiger partial charge in [0.1, 0.15) is 5.75 Å². The SMILES string of the molecule is Cc1cccc(OCCSCC(C)CN)c1. The number of aryl methyl sites for hydroxylation is 1. The molecular formula is C13H21NOS. The van der Waals surface area contributed by atoms with Gasteiger partial charge in [-0.2, -0.15) is 11.8 Å². The van der Waals surface area contributed by atoms with E-state index in [9.17, 15) is 0 Å². The Morgan fingerprint density at radius 1 is 1.44 bits per heavy atom. The molecule has 2 nitrogen and oxygen atoms in total. The number of benzene rings is 1. The predicted molar refractivity (Wildman–Crippen MR) is 72.2 cm³/mol. The second-order valence-electron chi connectivity index (χ2n) is 4.08. The quantitative estimate of drug-likeness (QED) is 0.743. The maximum Gasteiger partial charge on any atom is 0.119 e. The molecule has 0 spiro atoms. The summed E-state index contributed by atoms with van der Waals surface area (Å²) in [4.78, 5) is 0. The normalized spacial score (nSPS) is 12.4. The molecule has 1 unspecified atom stereocenters. The van der Waals surface area contributed by atoms with Gasteiger partial charge in [0.05, 0.1) is 6.61 Å². The highest BCUT2D eigenvalue weighted by Gasteiger charge is 1.99. The van der Waals surface area contributed by atoms with Gasteiger partial charge >= 0.3 is 0 Å². The van der Waals surface area contributed by atoms with Crippen LogP contribution >= 0.6 is 11.8 Å². The molecule has 1 rings (SSSR count). The third kappa shape index (κ3) is 5.42. The molecule has 0 saturated heterocycles. The van der Waals surface area contributed by atoms with E-state index in [1.165, 1.54) is 5.56 Å². The molecular weight excluding hydrogens is 218 g/mol. The van der Waals surface area contributed by atoms with E-state index in [1.54, 1.807) is 0 Å². The summed E-state index contributed by atoms with van der Waals surface area (Å²) in [6.07, 6.45) is 0. The first-order valence-electron chi connectivity index (χ1n) is 5.69. The van der Waals surface area contributed by atoms with Crippen molar-refractivity contribution in [1.82, 2.24) is 0 Å². The van der Waals surface area contributed by atoms with Gasteiger partial charge in [-0.25, -0.2) is 0 Å². The summed E-state index contributed by atoms with van der Waals surface area (Å²) < 4.78 is 5.65. The van der Waals surface area contributed by atoms with Crippen molar-refractivity contribution in [1.29, 1.82) is 0 Å². The first-order valence-corrected chi connectivity index (χ1v) is 6.85. The first kappa shape index (κ1) is 13.4. The highest BCUT2D eigenvalue weighted by Crippen LogP contribution is 2.13. The third-order valence-electron chi connectivity index (χ3n) is 2.29. The van der Waals surface area contributed by atoms with Gasteiger partial charge in [0.2, 0.25) is 0 Å². The van der Waals surface area contributed by atoms with E-state index in [2.05, 4.69) is 26.0 Å². The van der Waals surface area contributed by atoms with Gasteiger partial charge < -0.3 is 10.5 Å². The largest absolute Gasteiger partial charge is 0.493 e. The fraction of sp³-hybridized carbons (Fsp3) is 0.538. The molecule has 0 aliphatic carbocycles. The molecule has 1 aromatic rings. The van der Waals surface area contributed by atoms with Crippen LogP contribution < -0.4 is 10.5 Å². The average molecular weight is 239 g/mol. The summed E-state index contributed by atoms with van der Waals surface area (Å²) >= 11 is 1.90. The minimum Gasteiger partial charge on any atom is -0.493 e. The van der Waals surface area contributed by atoms with E-state index in [1.807, 2.05) is 23.9 Å². The van der Waals surface area contributed by atoms with Crippen LogP contribution in [0.3, 0.4) is 0 Å². The average Bonchev–Trinajstić information content (AvgIpc) is 2.28. The van der Waals surface area contributed by atoms with E-state index in [0.29, 0.717) is 5.92 Å². The van der Waals surface area contributed by atoms with Crippen LogP contribution in [0.25, 0.3) is 0 Å². The number of hydrogen-bond donors (Lipinski definition) is 1. The number of nitrogens with two attached hydrogens (primary N) is 1. The Bertz CT molecular complexity index is 304. The maximum absolute atomic E-state index is 5.65. The highest BCUT2D eigenvalue weighted by atomic mass is 32.2. The second-order valence-corrected chi connectivity index (χ2v) is 5.23. The zero-order valence-corrected chi connectivity index (χ0v) is 10.9. The van der Waals surface area contributed by atoms with Gasteiger partial charge in [-0.15, -0.1) is 0 Å². The van der Waals surface area contributed by atoms with Crippen molar-refractivity contribution < 1.29 is 4.74 Å². The summed E-state index contributed by atoms with van der Waals surface area (Å²) in [5.74, 6) is 3.71. The van der Waals surface area contributed by atoms with Crippen LogP contribution in [0.2, 0.25) is 0 Å². The Hall–Kier alpha value is -0.670. The van der Waals surface area contributed by atoms with Crippen LogP contribution in [0.4, 0.5) is 0 Å². The molecule has 0 radical (unpaired) electrons. The van der Waals surface area contributed by atoms with Gasteiger partial charge in [0.15, 0.2) is 0 Å². The Kier molecular flexibility index (Phi) is 6.34. The fourth-order valence-electron chi connectivity index (χ4n) is 1.28. The van der Waals surface area contributed by atoms with Crippen molar-refractivity contribution in [3.8, 4) is 5.75 Å². The molecule has 90 valence electrons. The summed E-state index contributed by atoms with van der Waals surface area (Å²) in [6.45, 7) is 5.79. The molecule has 0 aliphatic rings. The van der Waals surface area contributed by atoms with Crippen molar-refractivity contribution in [2.45, 2.75) is 13.8 Å². The Morgan fingerprint density at radius 3 is 2.94 bits per heavy atom. The molecule has 0 aromatic heterocycles. The number of rotatable bonds is 7. The van der Waals surface area contributed by atoms with Gasteiger partial charge in [0.25, 0.3) is 0 Å². The Morgan fingerprint density at radius 2 is 2.25 bits per heavy atom. The Labute approximate surface area is 103 Å². The zero-order valence-electron chi connectivity index (χ0n) is 10.1. The van der Waals surface area contributed by atoms with E-state index < -0.39 is 0 Å². The lowest BCUT2D eigenvalue weighted by Crippen LogP contribution is -2.13. The lowest BCUT2D eigenvalue weighted by atomic mass is 10.2. The number of hydrogen-bond acceptors (Lipinski definition) is 3. The molecule has 0 fully saturated rings. The van der Waals surface area contributed by atoms with Crippen LogP contribution in [-0.2, 0) is 0 Å². The van der Waals surface area contributed by atoms with E-state index >= 15 is 0 Å². The highest BCUT2D eigenvalue weighted by molar-refractivity contribution is 7.99. The number of thioether (sulfide) groups is 1. The van der Waals surface area contributed by atoms with Gasteiger partial charge in [-0.05, 0) is 42.8 Å². The lowest BCUT2D eigenvalue weighted by molar-refractivity contribution is 0.343. The molecule has 1 aromatic carbocycles. The molecule has 0 amide bonds. The molecule has 0 heterocycles. The molecule has 2 N–H and O–H groups in total. The minimum atomic E-state index is 0.601. The summed E-state index contributed by atoms with van der Waals surface area (Å²) in [5, 5.41) is 0. The van der Waals surface area contributed by atoms with Crippen molar-refractivity contribution >= 4 is 11.8 Å². The second kappa shape index (κ2) is 7.58. The van der Waals surface area contributed by atoms with Crippen LogP contribution in [0.15, 0.2) is 24.3 Å². The lowest BCUT2D eigenvalue weighted by Gasteiger charge is -2.09. The summed E-state index contributed by atoms with van der Waals surface area (Å²) in [7, 11) is 0. The number of ether oxygens (including phenoxy) is 1. The van der Waals surface area contributed by atoms with Crippen molar-refractivity contribution in [3.05, 3.63) is 29.8 Å². The molecule has 3 heteroatoms. The van der Waals surface area contributed by atoms with Gasteiger partial charge in [0, 0.05) is 5.75 Å².